The summed E-state index contributed by atoms with van der Waals surface area (Å²) < 4.78 is 5.78. The van der Waals surface area contributed by atoms with Gasteiger partial charge in [0.1, 0.15) is 11.4 Å². The molecule has 0 saturated heterocycles. The van der Waals surface area contributed by atoms with Gasteiger partial charge in [-0.1, -0.05) is 24.6 Å². The number of hydrogen-bond donors (Lipinski definition) is 3. The zero-order valence-electron chi connectivity index (χ0n) is 14.4. The van der Waals surface area contributed by atoms with Gasteiger partial charge < -0.3 is 21.1 Å². The maximum absolute atomic E-state index is 13.0. The van der Waals surface area contributed by atoms with Crippen LogP contribution in [0.3, 0.4) is 0 Å². The van der Waals surface area contributed by atoms with Gasteiger partial charge >= 0.3 is 0 Å². The van der Waals surface area contributed by atoms with Gasteiger partial charge in [0, 0.05) is 0 Å². The van der Waals surface area contributed by atoms with E-state index in [0.29, 0.717) is 22.8 Å². The molecule has 1 aromatic carbocycles. The number of rotatable bonds is 3. The van der Waals surface area contributed by atoms with Crippen molar-refractivity contribution in [2.75, 3.05) is 5.73 Å². The molecule has 0 bridgehead atoms. The van der Waals surface area contributed by atoms with Crippen LogP contribution in [0.5, 0.6) is 0 Å². The summed E-state index contributed by atoms with van der Waals surface area (Å²) in [6.45, 7) is 2.20. The van der Waals surface area contributed by atoms with Gasteiger partial charge in [-0.3, -0.25) is 4.79 Å². The largest absolute Gasteiger partial charge is 0.437 e. The molecule has 1 atom stereocenters. The minimum Gasteiger partial charge on any atom is -0.437 e. The molecule has 0 aliphatic heterocycles. The summed E-state index contributed by atoms with van der Waals surface area (Å²) in [7, 11) is 0. The van der Waals surface area contributed by atoms with Crippen LogP contribution in [0.4, 0.5) is 5.82 Å². The van der Waals surface area contributed by atoms with Crippen LogP contribution in [-0.4, -0.2) is 16.0 Å². The highest BCUT2D eigenvalue weighted by atomic mass is 16.4. The van der Waals surface area contributed by atoms with E-state index in [1.54, 1.807) is 0 Å². The number of fused-ring (bicyclic) bond motifs is 2. The number of nitrogen functional groups attached to an aromatic ring is 1. The Balaban J connectivity index is 1.93. The van der Waals surface area contributed by atoms with Gasteiger partial charge in [0.25, 0.3) is 0 Å². The molecule has 0 radical (unpaired) electrons. The van der Waals surface area contributed by atoms with Crippen molar-refractivity contribution in [2.45, 2.75) is 32.1 Å². The minimum atomic E-state index is -0.205. The average Bonchev–Trinajstić information content (AvgIpc) is 2.59. The predicted molar refractivity (Wildman–Crippen MR) is 100 cm³/mol. The highest BCUT2D eigenvalue weighted by Gasteiger charge is 2.25. The van der Waals surface area contributed by atoms with E-state index in [1.165, 1.54) is 25.3 Å². The predicted octanol–water partition coefficient (Wildman–Crippen LogP) is 2.92. The van der Waals surface area contributed by atoms with E-state index in [9.17, 15) is 4.79 Å². The summed E-state index contributed by atoms with van der Waals surface area (Å²) in [5.41, 5.74) is 13.2. The first kappa shape index (κ1) is 16.4. The van der Waals surface area contributed by atoms with Crippen molar-refractivity contribution < 1.29 is 9.62 Å². The van der Waals surface area contributed by atoms with Crippen molar-refractivity contribution in [2.24, 2.45) is 16.8 Å². The molecule has 1 aliphatic rings. The molecule has 2 heterocycles. The van der Waals surface area contributed by atoms with Crippen molar-refractivity contribution >= 4 is 33.7 Å². The fraction of sp³-hybridized carbons (Fsp3) is 0.316. The molecule has 3 aromatic rings. The number of amidine groups is 1. The molecule has 134 valence electrons. The summed E-state index contributed by atoms with van der Waals surface area (Å²) in [5.74, 6) is 0.906. The smallest absolute Gasteiger partial charge is 0.232 e. The van der Waals surface area contributed by atoms with Crippen molar-refractivity contribution in [1.82, 2.24) is 4.98 Å². The third kappa shape index (κ3) is 2.47. The number of benzene rings is 1. The number of pyridine rings is 1. The fourth-order valence-electron chi connectivity index (χ4n) is 3.57. The zero-order chi connectivity index (χ0) is 18.4. The Morgan fingerprint density at radius 3 is 2.77 bits per heavy atom. The van der Waals surface area contributed by atoms with Crippen LogP contribution in [-0.2, 0) is 0 Å². The van der Waals surface area contributed by atoms with Crippen LogP contribution in [0.15, 0.2) is 38.6 Å². The maximum Gasteiger partial charge on any atom is 0.232 e. The maximum atomic E-state index is 13.0. The van der Waals surface area contributed by atoms with Gasteiger partial charge in [-0.15, -0.1) is 0 Å². The Bertz CT molecular complexity index is 1100. The van der Waals surface area contributed by atoms with Gasteiger partial charge in [-0.25, -0.2) is 0 Å². The quantitative estimate of drug-likeness (QED) is 0.219. The summed E-state index contributed by atoms with van der Waals surface area (Å²) in [4.78, 5) is 17.1. The fourth-order valence-corrected chi connectivity index (χ4v) is 3.57. The first-order valence-corrected chi connectivity index (χ1v) is 8.64. The molecule has 4 rings (SSSR count). The van der Waals surface area contributed by atoms with Crippen molar-refractivity contribution in [3.05, 3.63) is 45.6 Å². The number of nitrogens with two attached hydrogens (primary N) is 2. The molecule has 1 fully saturated rings. The molecule has 1 aliphatic carbocycles. The lowest BCUT2D eigenvalue weighted by Crippen LogP contribution is -2.18. The van der Waals surface area contributed by atoms with Gasteiger partial charge in [-0.05, 0) is 48.4 Å². The third-order valence-electron chi connectivity index (χ3n) is 5.48. The lowest BCUT2D eigenvalue weighted by molar-refractivity contribution is 0.272. The third-order valence-corrected chi connectivity index (χ3v) is 5.48. The normalized spacial score (nSPS) is 16.7. The van der Waals surface area contributed by atoms with E-state index in [-0.39, 0.29) is 33.7 Å². The minimum absolute atomic E-state index is 0.0329. The van der Waals surface area contributed by atoms with Crippen LogP contribution in [0.25, 0.3) is 22.1 Å². The SMILES string of the molecule is CC(c1ccc2oc3nc(N)c(/C(N)=N/O)cc3c(=O)c2c1)C1CCC1. The monoisotopic (exact) mass is 352 g/mol. The molecule has 1 saturated carbocycles. The number of nitrogens with zero attached hydrogens (tertiary/aromatic N) is 2. The molecule has 7 heteroatoms. The van der Waals surface area contributed by atoms with E-state index in [1.807, 2.05) is 18.2 Å². The van der Waals surface area contributed by atoms with Crippen LogP contribution in [0.1, 0.15) is 43.2 Å². The summed E-state index contributed by atoms with van der Waals surface area (Å²) in [6, 6.07) is 7.19. The number of anilines is 1. The molecule has 5 N–H and O–H groups in total. The lowest BCUT2D eigenvalue weighted by Gasteiger charge is -2.31. The highest BCUT2D eigenvalue weighted by molar-refractivity contribution is 6.04. The molecule has 0 spiro atoms. The Hall–Kier alpha value is -3.09. The van der Waals surface area contributed by atoms with Crippen molar-refractivity contribution in [3.8, 4) is 0 Å². The molecule has 2 aromatic heterocycles. The van der Waals surface area contributed by atoms with E-state index >= 15 is 0 Å². The molecular weight excluding hydrogens is 332 g/mol. The van der Waals surface area contributed by atoms with Gasteiger partial charge in [0.05, 0.1) is 16.3 Å². The first-order valence-electron chi connectivity index (χ1n) is 8.64. The van der Waals surface area contributed by atoms with Crippen molar-refractivity contribution in [3.63, 3.8) is 0 Å². The van der Waals surface area contributed by atoms with Gasteiger partial charge in [0.15, 0.2) is 5.84 Å². The zero-order valence-corrected chi connectivity index (χ0v) is 14.4. The summed E-state index contributed by atoms with van der Waals surface area (Å²) in [6.07, 6.45) is 3.74. The lowest BCUT2D eigenvalue weighted by atomic mass is 9.74. The standard InChI is InChI=1S/C19H20N4O3/c1-9(10-3-2-4-10)11-5-6-15-12(7-11)16(24)13-8-14(18(21)23-25)17(20)22-19(13)26-15/h5-10,25H,2-4H2,1H3,(H2,20,22)(H2,21,23). The Kier molecular flexibility index (Phi) is 3.79. The van der Waals surface area contributed by atoms with Crippen molar-refractivity contribution in [1.29, 1.82) is 0 Å². The van der Waals surface area contributed by atoms with E-state index < -0.39 is 0 Å². The van der Waals surface area contributed by atoms with Gasteiger partial charge in [0.2, 0.25) is 11.1 Å². The summed E-state index contributed by atoms with van der Waals surface area (Å²) >= 11 is 0. The Labute approximate surface area is 149 Å². The van der Waals surface area contributed by atoms with Crippen LogP contribution < -0.4 is 16.9 Å². The number of aromatic nitrogens is 1. The average molecular weight is 352 g/mol. The number of oxime groups is 1. The topological polar surface area (TPSA) is 128 Å². The second kappa shape index (κ2) is 6.01. The first-order chi connectivity index (χ1) is 12.5. The van der Waals surface area contributed by atoms with Crippen LogP contribution in [0.2, 0.25) is 0 Å². The molecule has 26 heavy (non-hydrogen) atoms. The van der Waals surface area contributed by atoms with E-state index in [4.69, 9.17) is 21.1 Å². The van der Waals surface area contributed by atoms with Gasteiger partial charge in [-0.2, -0.15) is 4.98 Å². The molecule has 7 nitrogen and oxygen atoms in total. The molecular formula is C19H20N4O3. The number of hydrogen-bond acceptors (Lipinski definition) is 6. The van der Waals surface area contributed by atoms with E-state index in [0.717, 1.165) is 5.56 Å². The van der Waals surface area contributed by atoms with Crippen LogP contribution >= 0.6 is 0 Å². The molecule has 1 unspecified atom stereocenters. The summed E-state index contributed by atoms with van der Waals surface area (Å²) in [5, 5.41) is 12.6. The van der Waals surface area contributed by atoms with E-state index in [2.05, 4.69) is 17.1 Å². The second-order valence-electron chi connectivity index (χ2n) is 6.93. The Morgan fingerprint density at radius 1 is 1.35 bits per heavy atom. The Morgan fingerprint density at radius 2 is 2.12 bits per heavy atom. The highest BCUT2D eigenvalue weighted by Crippen LogP contribution is 2.39. The van der Waals surface area contributed by atoms with Crippen LogP contribution in [0, 0.1) is 5.92 Å². The molecule has 0 amide bonds. The second-order valence-corrected chi connectivity index (χ2v) is 6.93.